The van der Waals surface area contributed by atoms with Gasteiger partial charge in [-0.3, -0.25) is 0 Å². The van der Waals surface area contributed by atoms with Gasteiger partial charge in [-0.25, -0.2) is 18.6 Å². The summed E-state index contributed by atoms with van der Waals surface area (Å²) in [6.07, 6.45) is 0. The predicted octanol–water partition coefficient (Wildman–Crippen LogP) is -0.541. The van der Waals surface area contributed by atoms with Crippen LogP contribution in [-0.4, -0.2) is 0 Å². The molecule has 3 aromatic rings. The van der Waals surface area contributed by atoms with Crippen molar-refractivity contribution < 1.29 is 32.8 Å². The number of benzene rings is 2. The van der Waals surface area contributed by atoms with E-state index in [-0.39, 0.29) is 0 Å². The zero-order chi connectivity index (χ0) is 17.7. The van der Waals surface area contributed by atoms with Crippen LogP contribution >= 0.6 is 11.5 Å². The second-order valence-electron chi connectivity index (χ2n) is 4.99. The molecule has 7 heteroatoms. The quantitative estimate of drug-likeness (QED) is 0.570. The molecule has 0 aliphatic rings. The fourth-order valence-electron chi connectivity index (χ4n) is 2.30. The van der Waals surface area contributed by atoms with Gasteiger partial charge in [0.25, 0.3) is 0 Å². The van der Waals surface area contributed by atoms with Gasteiger partial charge in [0.15, 0.2) is 7.05 Å². The number of hydrogen-bond donors (Lipinski definition) is 0. The third kappa shape index (κ3) is 5.10. The maximum absolute atomic E-state index is 8.49. The van der Waals surface area contributed by atoms with Crippen LogP contribution in [0.1, 0.15) is 5.69 Å². The Bertz CT molecular complexity index is 780. The van der Waals surface area contributed by atoms with Gasteiger partial charge in [-0.05, 0) is 11.1 Å². The van der Waals surface area contributed by atoms with Crippen molar-refractivity contribution in [2.45, 2.75) is 6.92 Å². The molecule has 126 valence electrons. The van der Waals surface area contributed by atoms with Crippen molar-refractivity contribution in [3.05, 3.63) is 66.4 Å². The van der Waals surface area contributed by atoms with Crippen molar-refractivity contribution in [1.82, 2.24) is 0 Å². The molecule has 1 aromatic heterocycles. The first kappa shape index (κ1) is 18.5. The second kappa shape index (κ2) is 7.85. The molecule has 5 nitrogen and oxygen atoms in total. The van der Waals surface area contributed by atoms with Crippen molar-refractivity contribution in [3.8, 4) is 21.6 Å². The monoisotopic (exact) mass is 365 g/mol. The number of hydrogen-bond acceptors (Lipinski definition) is 5. The van der Waals surface area contributed by atoms with E-state index in [0.717, 1.165) is 0 Å². The Balaban J connectivity index is 0.000000368. The van der Waals surface area contributed by atoms with Crippen molar-refractivity contribution in [3.63, 3.8) is 0 Å². The molecule has 0 atom stereocenters. The summed E-state index contributed by atoms with van der Waals surface area (Å²) < 4.78 is 36.2. The lowest BCUT2D eigenvalue weighted by Crippen LogP contribution is -2.68. The zero-order valence-electron chi connectivity index (χ0n) is 13.1. The molecule has 0 radical (unpaired) electrons. The van der Waals surface area contributed by atoms with Gasteiger partial charge in [-0.2, -0.15) is 0 Å². The number of aromatic nitrogens is 1. The SMILES string of the molecule is Cc1c(-c2ccccc2)c(-c2ccccc2)s[n+]1C.[O-][Cl+3]([O-])([O-])[O-]. The van der Waals surface area contributed by atoms with E-state index in [1.54, 1.807) is 11.5 Å². The minimum Gasteiger partial charge on any atom is -0.222 e. The highest BCUT2D eigenvalue weighted by molar-refractivity contribution is 7.06. The standard InChI is InChI=1S/C17H16NS.ClHO4/c1-13-16(14-9-5-3-6-10-14)17(19-18(13)2)15-11-7-4-8-12-15;2-1(3,4)5/h3-12H,1-2H3;(H,2,3,4,5)/q+1;/p-1. The molecule has 0 fully saturated rings. The lowest BCUT2D eigenvalue weighted by Gasteiger charge is -2.17. The van der Waals surface area contributed by atoms with Crippen LogP contribution in [0.2, 0.25) is 0 Å². The minimum atomic E-state index is -4.94. The van der Waals surface area contributed by atoms with E-state index in [9.17, 15) is 0 Å². The van der Waals surface area contributed by atoms with E-state index < -0.39 is 10.2 Å². The Morgan fingerprint density at radius 1 is 0.792 bits per heavy atom. The maximum atomic E-state index is 8.49. The first-order chi connectivity index (χ1) is 11.3. The molecule has 0 saturated heterocycles. The molecule has 0 N–H and O–H groups in total. The molecule has 1 heterocycles. The molecule has 0 spiro atoms. The number of aryl methyl sites for hydroxylation is 1. The molecule has 0 saturated carbocycles. The summed E-state index contributed by atoms with van der Waals surface area (Å²) in [4.78, 5) is 1.34. The van der Waals surface area contributed by atoms with Crippen LogP contribution in [0.15, 0.2) is 60.7 Å². The van der Waals surface area contributed by atoms with E-state index >= 15 is 0 Å². The normalized spacial score (nSPS) is 10.9. The highest BCUT2D eigenvalue weighted by Gasteiger charge is 2.22. The Labute approximate surface area is 146 Å². The Morgan fingerprint density at radius 2 is 1.21 bits per heavy atom. The number of nitrogens with zero attached hydrogens (tertiary/aromatic N) is 1. The first-order valence-electron chi connectivity index (χ1n) is 7.00. The zero-order valence-corrected chi connectivity index (χ0v) is 14.7. The molecule has 0 aliphatic heterocycles. The summed E-state index contributed by atoms with van der Waals surface area (Å²) in [5.74, 6) is 0. The molecule has 0 aliphatic carbocycles. The highest BCUT2D eigenvalue weighted by atomic mass is 35.7. The topological polar surface area (TPSA) is 96.1 Å². The van der Waals surface area contributed by atoms with Crippen LogP contribution < -0.4 is 22.6 Å². The van der Waals surface area contributed by atoms with Crippen molar-refractivity contribution in [2.24, 2.45) is 7.05 Å². The lowest BCUT2D eigenvalue weighted by molar-refractivity contribution is -2.00. The van der Waals surface area contributed by atoms with Crippen LogP contribution in [-0.2, 0) is 7.05 Å². The fourth-order valence-corrected chi connectivity index (χ4v) is 3.40. The molecule has 0 bridgehead atoms. The molecule has 0 amide bonds. The number of halogens is 1. The van der Waals surface area contributed by atoms with Gasteiger partial charge < -0.3 is 0 Å². The van der Waals surface area contributed by atoms with E-state index in [1.165, 1.54) is 27.3 Å². The van der Waals surface area contributed by atoms with E-state index in [0.29, 0.717) is 0 Å². The summed E-state index contributed by atoms with van der Waals surface area (Å²) in [6, 6.07) is 21.2. The fraction of sp³-hybridized carbons (Fsp3) is 0.118. The summed E-state index contributed by atoms with van der Waals surface area (Å²) in [7, 11) is -2.82. The summed E-state index contributed by atoms with van der Waals surface area (Å²) in [6.45, 7) is 2.19. The van der Waals surface area contributed by atoms with Crippen LogP contribution in [0.4, 0.5) is 0 Å². The molecule has 3 rings (SSSR count). The Morgan fingerprint density at radius 3 is 1.67 bits per heavy atom. The average molecular weight is 366 g/mol. The van der Waals surface area contributed by atoms with Gasteiger partial charge in [0.05, 0.1) is 5.56 Å². The van der Waals surface area contributed by atoms with Crippen LogP contribution in [0.3, 0.4) is 0 Å². The molecular weight excluding hydrogens is 350 g/mol. The van der Waals surface area contributed by atoms with E-state index in [1.807, 2.05) is 0 Å². The van der Waals surface area contributed by atoms with Crippen molar-refractivity contribution in [1.29, 1.82) is 0 Å². The Kier molecular flexibility index (Phi) is 6.06. The van der Waals surface area contributed by atoms with Gasteiger partial charge in [-0.1, -0.05) is 60.7 Å². The van der Waals surface area contributed by atoms with E-state index in [4.69, 9.17) is 18.6 Å². The largest absolute Gasteiger partial charge is 0.222 e. The van der Waals surface area contributed by atoms with Gasteiger partial charge >= 0.3 is 0 Å². The highest BCUT2D eigenvalue weighted by Crippen LogP contribution is 2.36. The molecule has 0 unspecified atom stereocenters. The predicted molar refractivity (Wildman–Crippen MR) is 81.1 cm³/mol. The molecule has 2 aromatic carbocycles. The smallest absolute Gasteiger partial charge is 0.201 e. The van der Waals surface area contributed by atoms with Gasteiger partial charge in [0, 0.05) is 6.92 Å². The Hall–Kier alpha value is -1.80. The third-order valence-corrected chi connectivity index (χ3v) is 4.56. The van der Waals surface area contributed by atoms with Gasteiger partial charge in [-0.15, -0.1) is 14.2 Å². The minimum absolute atomic E-state index is 1.29. The van der Waals surface area contributed by atoms with Crippen LogP contribution in [0, 0.1) is 17.2 Å². The van der Waals surface area contributed by atoms with Crippen LogP contribution in [0.5, 0.6) is 0 Å². The van der Waals surface area contributed by atoms with Crippen LogP contribution in [0.25, 0.3) is 21.6 Å². The van der Waals surface area contributed by atoms with E-state index in [2.05, 4.69) is 78.6 Å². The van der Waals surface area contributed by atoms with Gasteiger partial charge in [0.1, 0.15) is 16.4 Å². The van der Waals surface area contributed by atoms with Crippen molar-refractivity contribution in [2.75, 3.05) is 0 Å². The lowest BCUT2D eigenvalue weighted by atomic mass is 10.0. The number of rotatable bonds is 2. The first-order valence-corrected chi connectivity index (χ1v) is 9.00. The second-order valence-corrected chi connectivity index (χ2v) is 6.88. The summed E-state index contributed by atoms with van der Waals surface area (Å²) >= 11 is 1.81. The van der Waals surface area contributed by atoms with Crippen molar-refractivity contribution >= 4 is 11.5 Å². The maximum Gasteiger partial charge on any atom is 0.201 e. The third-order valence-electron chi connectivity index (χ3n) is 3.39. The molecule has 24 heavy (non-hydrogen) atoms. The summed E-state index contributed by atoms with van der Waals surface area (Å²) in [5, 5.41) is 0. The molecular formula is C17H16ClNO4S. The summed E-state index contributed by atoms with van der Waals surface area (Å²) in [5.41, 5.74) is 5.24. The average Bonchev–Trinajstić information content (AvgIpc) is 2.83. The van der Waals surface area contributed by atoms with Gasteiger partial charge in [0.2, 0.25) is 5.69 Å².